The third-order valence-corrected chi connectivity index (χ3v) is 2.06. The summed E-state index contributed by atoms with van der Waals surface area (Å²) in [5.74, 6) is -1.52. The lowest BCUT2D eigenvalue weighted by Crippen LogP contribution is -2.10. The molecule has 0 heterocycles. The maximum absolute atomic E-state index is 13.3. The topological polar surface area (TPSA) is 63.3 Å². The van der Waals surface area contributed by atoms with Crippen LogP contribution in [0.15, 0.2) is 12.1 Å². The van der Waals surface area contributed by atoms with E-state index in [1.807, 2.05) is 0 Å². The Morgan fingerprint density at radius 3 is 2.57 bits per heavy atom. The summed E-state index contributed by atoms with van der Waals surface area (Å²) in [7, 11) is 0. The molecule has 4 heteroatoms. The van der Waals surface area contributed by atoms with Gasteiger partial charge in [0.1, 0.15) is 5.82 Å². The van der Waals surface area contributed by atoms with E-state index < -0.39 is 17.8 Å². The molecule has 0 spiro atoms. The largest absolute Gasteiger partial charge is 0.478 e. The molecule has 76 valence electrons. The lowest BCUT2D eigenvalue weighted by Gasteiger charge is -2.10. The first kappa shape index (κ1) is 10.7. The average Bonchev–Trinajstić information content (AvgIpc) is 2.02. The van der Waals surface area contributed by atoms with Crippen LogP contribution in [0.1, 0.15) is 34.5 Å². The second kappa shape index (κ2) is 3.75. The molecule has 3 nitrogen and oxygen atoms in total. The van der Waals surface area contributed by atoms with Crippen LogP contribution in [-0.4, -0.2) is 11.1 Å². The van der Waals surface area contributed by atoms with Crippen LogP contribution >= 0.6 is 0 Å². The quantitative estimate of drug-likeness (QED) is 0.760. The van der Waals surface area contributed by atoms with E-state index in [1.54, 1.807) is 13.8 Å². The van der Waals surface area contributed by atoms with E-state index >= 15 is 0 Å². The number of hydrogen-bond donors (Lipinski definition) is 2. The van der Waals surface area contributed by atoms with Crippen LogP contribution in [-0.2, 0) is 0 Å². The monoisotopic (exact) mass is 197 g/mol. The normalized spacial score (nSPS) is 12.6. The van der Waals surface area contributed by atoms with Crippen LogP contribution in [0.2, 0.25) is 0 Å². The highest BCUT2D eigenvalue weighted by Crippen LogP contribution is 2.19. The van der Waals surface area contributed by atoms with Gasteiger partial charge in [-0.1, -0.05) is 0 Å². The summed E-state index contributed by atoms with van der Waals surface area (Å²) in [4.78, 5) is 10.7. The van der Waals surface area contributed by atoms with E-state index in [0.29, 0.717) is 5.56 Å². The van der Waals surface area contributed by atoms with Crippen molar-refractivity contribution in [3.8, 4) is 0 Å². The van der Waals surface area contributed by atoms with Gasteiger partial charge in [-0.3, -0.25) is 0 Å². The fourth-order valence-electron chi connectivity index (χ4n) is 1.27. The zero-order valence-corrected chi connectivity index (χ0v) is 8.04. The number of rotatable bonds is 2. The van der Waals surface area contributed by atoms with Crippen LogP contribution in [0.4, 0.5) is 4.39 Å². The van der Waals surface area contributed by atoms with Crippen molar-refractivity contribution in [3.63, 3.8) is 0 Å². The first-order valence-corrected chi connectivity index (χ1v) is 4.22. The fourth-order valence-corrected chi connectivity index (χ4v) is 1.27. The van der Waals surface area contributed by atoms with Gasteiger partial charge in [-0.05, 0) is 31.5 Å². The molecule has 0 aliphatic carbocycles. The van der Waals surface area contributed by atoms with Gasteiger partial charge in [0, 0.05) is 11.6 Å². The third-order valence-electron chi connectivity index (χ3n) is 2.06. The van der Waals surface area contributed by atoms with Crippen molar-refractivity contribution >= 4 is 5.97 Å². The first-order valence-electron chi connectivity index (χ1n) is 4.22. The van der Waals surface area contributed by atoms with Gasteiger partial charge < -0.3 is 10.8 Å². The van der Waals surface area contributed by atoms with Crippen molar-refractivity contribution in [1.29, 1.82) is 0 Å². The number of carboxylic acids is 1. The van der Waals surface area contributed by atoms with Crippen molar-refractivity contribution < 1.29 is 14.3 Å². The zero-order valence-electron chi connectivity index (χ0n) is 8.04. The predicted octanol–water partition coefficient (Wildman–Crippen LogP) is 1.85. The summed E-state index contributed by atoms with van der Waals surface area (Å²) in [6, 6.07) is 1.98. The summed E-state index contributed by atoms with van der Waals surface area (Å²) < 4.78 is 13.3. The molecule has 0 fully saturated rings. The van der Waals surface area contributed by atoms with E-state index in [0.717, 1.165) is 0 Å². The van der Waals surface area contributed by atoms with Gasteiger partial charge in [-0.25, -0.2) is 9.18 Å². The average molecular weight is 197 g/mol. The highest BCUT2D eigenvalue weighted by Gasteiger charge is 2.14. The minimum atomic E-state index is -1.07. The summed E-state index contributed by atoms with van der Waals surface area (Å²) in [6.45, 7) is 3.16. The second-order valence-electron chi connectivity index (χ2n) is 3.28. The van der Waals surface area contributed by atoms with Gasteiger partial charge in [0.2, 0.25) is 0 Å². The summed E-state index contributed by atoms with van der Waals surface area (Å²) in [6.07, 6.45) is 0. The number of benzene rings is 1. The molecule has 0 saturated heterocycles. The molecule has 0 radical (unpaired) electrons. The van der Waals surface area contributed by atoms with Crippen molar-refractivity contribution in [1.82, 2.24) is 0 Å². The van der Waals surface area contributed by atoms with Crippen molar-refractivity contribution in [2.75, 3.05) is 0 Å². The molecule has 1 aromatic rings. The summed E-state index contributed by atoms with van der Waals surface area (Å²) >= 11 is 0. The summed E-state index contributed by atoms with van der Waals surface area (Å²) in [5.41, 5.74) is 6.23. The SMILES string of the molecule is Cc1cc(F)c(C(C)N)cc1C(=O)O. The molecule has 0 aromatic heterocycles. The van der Waals surface area contributed by atoms with E-state index in [1.165, 1.54) is 12.1 Å². The first-order chi connectivity index (χ1) is 6.43. The van der Waals surface area contributed by atoms with Gasteiger partial charge in [-0.15, -0.1) is 0 Å². The van der Waals surface area contributed by atoms with Gasteiger partial charge in [-0.2, -0.15) is 0 Å². The Morgan fingerprint density at radius 2 is 2.14 bits per heavy atom. The lowest BCUT2D eigenvalue weighted by atomic mass is 10.0. The Balaban J connectivity index is 3.34. The number of carboxylic acid groups (broad SMARTS) is 1. The number of carbonyl (C=O) groups is 1. The molecule has 1 unspecified atom stereocenters. The van der Waals surface area contributed by atoms with E-state index in [4.69, 9.17) is 10.8 Å². The van der Waals surface area contributed by atoms with Crippen molar-refractivity contribution in [2.24, 2.45) is 5.73 Å². The molecule has 0 aliphatic heterocycles. The number of aryl methyl sites for hydroxylation is 1. The van der Waals surface area contributed by atoms with Crippen LogP contribution in [0, 0.1) is 12.7 Å². The number of aromatic carboxylic acids is 1. The fraction of sp³-hybridized carbons (Fsp3) is 0.300. The van der Waals surface area contributed by atoms with Gasteiger partial charge in [0.15, 0.2) is 0 Å². The number of hydrogen-bond acceptors (Lipinski definition) is 2. The van der Waals surface area contributed by atoms with Crippen LogP contribution in [0.5, 0.6) is 0 Å². The summed E-state index contributed by atoms with van der Waals surface area (Å²) in [5, 5.41) is 8.80. The molecule has 0 aliphatic rings. The highest BCUT2D eigenvalue weighted by molar-refractivity contribution is 5.89. The molecule has 14 heavy (non-hydrogen) atoms. The Labute approximate surface area is 81.4 Å². The minimum absolute atomic E-state index is 0.0960. The van der Waals surface area contributed by atoms with Crippen LogP contribution < -0.4 is 5.73 Å². The molecular weight excluding hydrogens is 185 g/mol. The maximum Gasteiger partial charge on any atom is 0.335 e. The van der Waals surface area contributed by atoms with Gasteiger partial charge >= 0.3 is 5.97 Å². The molecular formula is C10H12FNO2. The molecule has 3 N–H and O–H groups in total. The van der Waals surface area contributed by atoms with Gasteiger partial charge in [0.25, 0.3) is 0 Å². The number of nitrogens with two attached hydrogens (primary N) is 1. The second-order valence-corrected chi connectivity index (χ2v) is 3.28. The van der Waals surface area contributed by atoms with Crippen LogP contribution in [0.3, 0.4) is 0 Å². The van der Waals surface area contributed by atoms with Gasteiger partial charge in [0.05, 0.1) is 5.56 Å². The molecule has 1 atom stereocenters. The Morgan fingerprint density at radius 1 is 1.57 bits per heavy atom. The Hall–Kier alpha value is -1.42. The standard InChI is InChI=1S/C10H12FNO2/c1-5-3-9(11)8(6(2)12)4-7(5)10(13)14/h3-4,6H,12H2,1-2H3,(H,13,14). The van der Waals surface area contributed by atoms with E-state index in [2.05, 4.69) is 0 Å². The van der Waals surface area contributed by atoms with Crippen molar-refractivity contribution in [2.45, 2.75) is 19.9 Å². The molecule has 0 amide bonds. The van der Waals surface area contributed by atoms with E-state index in [-0.39, 0.29) is 11.1 Å². The highest BCUT2D eigenvalue weighted by atomic mass is 19.1. The molecule has 0 bridgehead atoms. The van der Waals surface area contributed by atoms with E-state index in [9.17, 15) is 9.18 Å². The molecule has 0 saturated carbocycles. The molecule has 1 aromatic carbocycles. The van der Waals surface area contributed by atoms with Crippen molar-refractivity contribution in [3.05, 3.63) is 34.6 Å². The third kappa shape index (κ3) is 1.90. The maximum atomic E-state index is 13.3. The smallest absolute Gasteiger partial charge is 0.335 e. The predicted molar refractivity (Wildman–Crippen MR) is 50.7 cm³/mol. The Bertz CT molecular complexity index is 375. The lowest BCUT2D eigenvalue weighted by molar-refractivity contribution is 0.0696. The molecule has 1 rings (SSSR count). The van der Waals surface area contributed by atoms with Crippen LogP contribution in [0.25, 0.3) is 0 Å². The minimum Gasteiger partial charge on any atom is -0.478 e. The number of halogens is 1. The Kier molecular flexibility index (Phi) is 2.86. The zero-order chi connectivity index (χ0) is 10.9.